The molecule has 2 atom stereocenters. The molecule has 3 rings (SSSR count). The van der Waals surface area contributed by atoms with Crippen LogP contribution in [0.5, 0.6) is 0 Å². The quantitative estimate of drug-likeness (QED) is 0.624. The first kappa shape index (κ1) is 14.8. The molecule has 1 aromatic rings. The molecule has 1 amide bonds. The molecule has 1 heterocycles. The number of cyclic esters (lactones) is 1. The summed E-state index contributed by atoms with van der Waals surface area (Å²) in [4.78, 5) is 23.3. The van der Waals surface area contributed by atoms with Gasteiger partial charge in [-0.15, -0.1) is 0 Å². The largest absolute Gasteiger partial charge is 0.446 e. The Morgan fingerprint density at radius 1 is 1.36 bits per heavy atom. The van der Waals surface area contributed by atoms with E-state index in [1.54, 1.807) is 12.1 Å². The summed E-state index contributed by atoms with van der Waals surface area (Å²) < 4.78 is 31.3. The van der Waals surface area contributed by atoms with Gasteiger partial charge >= 0.3 is 6.09 Å². The molecule has 2 aliphatic rings. The number of carbonyl (C=O) groups is 2. The maximum absolute atomic E-state index is 12.8. The summed E-state index contributed by atoms with van der Waals surface area (Å²) in [5.41, 5.74) is 0.144. The minimum atomic E-state index is -4.11. The van der Waals surface area contributed by atoms with Crippen molar-refractivity contribution in [3.8, 4) is 0 Å². The van der Waals surface area contributed by atoms with Crippen LogP contribution in [-0.4, -0.2) is 37.2 Å². The van der Waals surface area contributed by atoms with Crippen LogP contribution in [0.2, 0.25) is 0 Å². The highest BCUT2D eigenvalue weighted by Gasteiger charge is 2.65. The normalized spacial score (nSPS) is 27.7. The van der Waals surface area contributed by atoms with Gasteiger partial charge in [-0.2, -0.15) is 4.31 Å². The van der Waals surface area contributed by atoms with E-state index in [1.165, 1.54) is 12.1 Å². The molecule has 1 aliphatic carbocycles. The minimum Gasteiger partial charge on any atom is -0.446 e. The molecule has 1 aliphatic heterocycles. The van der Waals surface area contributed by atoms with Gasteiger partial charge in [0.05, 0.1) is 10.8 Å². The summed E-state index contributed by atoms with van der Waals surface area (Å²) >= 11 is 0. The van der Waals surface area contributed by atoms with Crippen LogP contribution in [0.1, 0.15) is 12.0 Å². The molecule has 1 spiro atoms. The third-order valence-electron chi connectivity index (χ3n) is 4.36. The molecular weight excluding hydrogens is 306 g/mol. The Hall–Kier alpha value is -2.15. The summed E-state index contributed by atoms with van der Waals surface area (Å²) in [6, 6.07) is 6.16. The van der Waals surface area contributed by atoms with Crippen LogP contribution in [0.15, 0.2) is 41.3 Å². The number of hydrogen-bond donors (Lipinski definition) is 0. The van der Waals surface area contributed by atoms with E-state index in [1.807, 2.05) is 6.92 Å². The van der Waals surface area contributed by atoms with Gasteiger partial charge in [0.25, 0.3) is 10.0 Å². The predicted molar refractivity (Wildman–Crippen MR) is 77.6 cm³/mol. The molecule has 2 fully saturated rings. The van der Waals surface area contributed by atoms with E-state index in [0.717, 1.165) is 5.56 Å². The first-order valence-corrected chi connectivity index (χ1v) is 8.20. The SMILES string of the molecule is C=C1C[C@@H](C=O)[C@@]12COC(=O)N2S(=O)(=O)c1ccc(C)cc1. The summed E-state index contributed by atoms with van der Waals surface area (Å²) in [5.74, 6) is -0.619. The number of aldehydes is 1. The van der Waals surface area contributed by atoms with Gasteiger partial charge in [-0.3, -0.25) is 0 Å². The van der Waals surface area contributed by atoms with E-state index in [2.05, 4.69) is 6.58 Å². The summed E-state index contributed by atoms with van der Waals surface area (Å²) in [6.45, 7) is 5.47. The maximum atomic E-state index is 12.8. The van der Waals surface area contributed by atoms with Crippen molar-refractivity contribution in [2.24, 2.45) is 5.92 Å². The molecule has 22 heavy (non-hydrogen) atoms. The number of amides is 1. The van der Waals surface area contributed by atoms with Gasteiger partial charge in [-0.05, 0) is 31.1 Å². The molecule has 0 bridgehead atoms. The Balaban J connectivity index is 2.11. The first-order valence-electron chi connectivity index (χ1n) is 6.76. The zero-order chi connectivity index (χ0) is 16.1. The highest BCUT2D eigenvalue weighted by atomic mass is 32.2. The summed E-state index contributed by atoms with van der Waals surface area (Å²) in [7, 11) is -4.11. The molecular formula is C15H15NO5S. The van der Waals surface area contributed by atoms with E-state index in [9.17, 15) is 18.0 Å². The second kappa shape index (κ2) is 4.67. The summed E-state index contributed by atoms with van der Waals surface area (Å²) in [6.07, 6.45) is 0.0576. The molecule has 1 aromatic carbocycles. The molecule has 116 valence electrons. The fourth-order valence-electron chi connectivity index (χ4n) is 2.99. The molecule has 1 saturated carbocycles. The fraction of sp³-hybridized carbons (Fsp3) is 0.333. The van der Waals surface area contributed by atoms with Crippen LogP contribution < -0.4 is 0 Å². The molecule has 0 aromatic heterocycles. The number of carbonyl (C=O) groups excluding carboxylic acids is 2. The summed E-state index contributed by atoms with van der Waals surface area (Å²) in [5, 5.41) is 0. The van der Waals surface area contributed by atoms with Crippen molar-refractivity contribution >= 4 is 22.4 Å². The van der Waals surface area contributed by atoms with Gasteiger partial charge in [0.15, 0.2) is 0 Å². The maximum Gasteiger partial charge on any atom is 0.424 e. The highest BCUT2D eigenvalue weighted by molar-refractivity contribution is 7.89. The molecule has 1 saturated heterocycles. The highest BCUT2D eigenvalue weighted by Crippen LogP contribution is 2.51. The number of sulfonamides is 1. The monoisotopic (exact) mass is 321 g/mol. The topological polar surface area (TPSA) is 80.8 Å². The van der Waals surface area contributed by atoms with Crippen LogP contribution in [0, 0.1) is 12.8 Å². The van der Waals surface area contributed by atoms with E-state index >= 15 is 0 Å². The number of aryl methyl sites for hydroxylation is 1. The van der Waals surface area contributed by atoms with Gasteiger partial charge in [0.2, 0.25) is 0 Å². The van der Waals surface area contributed by atoms with E-state index in [-0.39, 0.29) is 11.5 Å². The van der Waals surface area contributed by atoms with Gasteiger partial charge in [0, 0.05) is 0 Å². The average molecular weight is 321 g/mol. The Bertz CT molecular complexity index is 768. The Morgan fingerprint density at radius 2 is 2.00 bits per heavy atom. The van der Waals surface area contributed by atoms with E-state index in [4.69, 9.17) is 4.74 Å². The second-order valence-electron chi connectivity index (χ2n) is 5.61. The van der Waals surface area contributed by atoms with Crippen molar-refractivity contribution in [1.82, 2.24) is 4.31 Å². The molecule has 0 radical (unpaired) electrons. The van der Waals surface area contributed by atoms with Crippen molar-refractivity contribution in [1.29, 1.82) is 0 Å². The van der Waals surface area contributed by atoms with Gasteiger partial charge in [-0.25, -0.2) is 13.2 Å². The lowest BCUT2D eigenvalue weighted by Gasteiger charge is -2.48. The smallest absolute Gasteiger partial charge is 0.424 e. The zero-order valence-corrected chi connectivity index (χ0v) is 12.8. The number of benzene rings is 1. The van der Waals surface area contributed by atoms with Crippen molar-refractivity contribution in [2.45, 2.75) is 23.8 Å². The number of ether oxygens (including phenoxy) is 1. The van der Waals surface area contributed by atoms with E-state index < -0.39 is 27.6 Å². The van der Waals surface area contributed by atoms with Crippen LogP contribution in [0.25, 0.3) is 0 Å². The van der Waals surface area contributed by atoms with Gasteiger partial charge < -0.3 is 9.53 Å². The third kappa shape index (κ3) is 1.75. The van der Waals surface area contributed by atoms with Crippen LogP contribution in [0.4, 0.5) is 4.79 Å². The molecule has 0 N–H and O–H groups in total. The predicted octanol–water partition coefficient (Wildman–Crippen LogP) is 1.65. The van der Waals surface area contributed by atoms with Crippen molar-refractivity contribution in [3.05, 3.63) is 42.0 Å². The van der Waals surface area contributed by atoms with Gasteiger partial charge in [0.1, 0.15) is 18.4 Å². The Morgan fingerprint density at radius 3 is 2.55 bits per heavy atom. The van der Waals surface area contributed by atoms with Gasteiger partial charge in [-0.1, -0.05) is 24.3 Å². The number of rotatable bonds is 3. The van der Waals surface area contributed by atoms with Crippen LogP contribution in [-0.2, 0) is 19.6 Å². The standard InChI is InChI=1S/C15H15NO5S/c1-10-3-5-13(6-4-10)22(19,20)16-14(18)21-9-15(16)11(2)7-12(15)8-17/h3-6,8,12H,2,7,9H2,1H3/t12-,15+/m0/s1. The van der Waals surface area contributed by atoms with Crippen LogP contribution >= 0.6 is 0 Å². The molecule has 6 nitrogen and oxygen atoms in total. The van der Waals surface area contributed by atoms with Crippen molar-refractivity contribution in [3.63, 3.8) is 0 Å². The molecule has 7 heteroatoms. The lowest BCUT2D eigenvalue weighted by Crippen LogP contribution is -2.62. The third-order valence-corrected chi connectivity index (χ3v) is 6.18. The first-order chi connectivity index (χ1) is 10.3. The number of hydrogen-bond acceptors (Lipinski definition) is 5. The zero-order valence-electron chi connectivity index (χ0n) is 12.0. The minimum absolute atomic E-state index is 0.0133. The van der Waals surface area contributed by atoms with E-state index in [0.29, 0.717) is 22.6 Å². The fourth-order valence-corrected chi connectivity index (χ4v) is 4.67. The molecule has 0 unspecified atom stereocenters. The number of nitrogens with zero attached hydrogens (tertiary/aromatic N) is 1. The Kier molecular flexibility index (Phi) is 3.14. The van der Waals surface area contributed by atoms with Crippen molar-refractivity contribution < 1.29 is 22.7 Å². The van der Waals surface area contributed by atoms with Crippen LogP contribution in [0.3, 0.4) is 0 Å². The van der Waals surface area contributed by atoms with Crippen molar-refractivity contribution in [2.75, 3.05) is 6.61 Å². The average Bonchev–Trinajstić information content (AvgIpc) is 2.86. The Labute approximate surface area is 128 Å². The lowest BCUT2D eigenvalue weighted by molar-refractivity contribution is -0.115. The lowest BCUT2D eigenvalue weighted by atomic mass is 9.64. The second-order valence-corrected chi connectivity index (χ2v) is 7.40.